The monoisotopic (exact) mass is 419 g/mol. The van der Waals surface area contributed by atoms with E-state index in [1.54, 1.807) is 17.8 Å². The van der Waals surface area contributed by atoms with E-state index in [4.69, 9.17) is 9.47 Å². The zero-order chi connectivity index (χ0) is 21.5. The third kappa shape index (κ3) is 3.21. The zero-order valence-corrected chi connectivity index (χ0v) is 17.3. The van der Waals surface area contributed by atoms with Gasteiger partial charge in [0.25, 0.3) is 6.35 Å². The molecule has 2 aromatic heterocycles. The van der Waals surface area contributed by atoms with Gasteiger partial charge in [-0.3, -0.25) is 0 Å². The quantitative estimate of drug-likeness (QED) is 0.489. The summed E-state index contributed by atoms with van der Waals surface area (Å²) in [5, 5.41) is 12.3. The molecular weight excluding hydrogens is 398 g/mol. The van der Waals surface area contributed by atoms with E-state index in [1.807, 2.05) is 67.5 Å². The van der Waals surface area contributed by atoms with Crippen LogP contribution < -0.4 is 20.1 Å². The van der Waals surface area contributed by atoms with Crippen molar-refractivity contribution in [2.75, 3.05) is 11.9 Å². The molecule has 0 radical (unpaired) electrons. The van der Waals surface area contributed by atoms with E-state index in [2.05, 4.69) is 15.5 Å². The molecule has 1 unspecified atom stereocenters. The van der Waals surface area contributed by atoms with Crippen molar-refractivity contribution in [3.8, 4) is 17.3 Å². The molecule has 0 aliphatic carbocycles. The fourth-order valence-corrected chi connectivity index (χ4v) is 3.60. The van der Waals surface area contributed by atoms with Crippen LogP contribution in [0.1, 0.15) is 17.5 Å². The third-order valence-electron chi connectivity index (χ3n) is 5.32. The summed E-state index contributed by atoms with van der Waals surface area (Å²) in [6.45, 7) is 2.18. The second-order valence-corrected chi connectivity index (χ2v) is 7.31. The Morgan fingerprint density at radius 2 is 1.84 bits per heavy atom. The van der Waals surface area contributed by atoms with Gasteiger partial charge in [0.05, 0.1) is 11.4 Å². The first-order valence-corrected chi connectivity index (χ1v) is 9.77. The maximum Gasteiger partial charge on any atom is 0.368 e. The molecule has 10 heteroatoms. The highest BCUT2D eigenvalue weighted by atomic mass is 16.5. The predicted octanol–water partition coefficient (Wildman–Crippen LogP) is 2.03. The Balaban J connectivity index is 1.36. The van der Waals surface area contributed by atoms with Crippen molar-refractivity contribution >= 4 is 5.69 Å². The smallest absolute Gasteiger partial charge is 0.368 e. The van der Waals surface area contributed by atoms with Gasteiger partial charge < -0.3 is 14.4 Å². The molecule has 2 aromatic carbocycles. The molecule has 0 fully saturated rings. The summed E-state index contributed by atoms with van der Waals surface area (Å²) in [7, 11) is 3.52. The van der Waals surface area contributed by atoms with Gasteiger partial charge in [0.1, 0.15) is 12.4 Å². The number of benzene rings is 2. The van der Waals surface area contributed by atoms with Crippen LogP contribution in [0.2, 0.25) is 0 Å². The molecule has 31 heavy (non-hydrogen) atoms. The minimum Gasteiger partial charge on any atom is -0.472 e. The summed E-state index contributed by atoms with van der Waals surface area (Å²) >= 11 is 0. The molecule has 5 rings (SSSR count). The molecule has 0 bridgehead atoms. The number of nitrogens with zero attached hydrogens (tertiary/aromatic N) is 7. The Labute approximate surface area is 177 Å². The lowest BCUT2D eigenvalue weighted by atomic mass is 10.1. The number of tetrazole rings is 1. The molecule has 0 saturated heterocycles. The number of hydrogen-bond donors (Lipinski definition) is 0. The largest absolute Gasteiger partial charge is 0.472 e. The highest BCUT2D eigenvalue weighted by molar-refractivity contribution is 5.61. The van der Waals surface area contributed by atoms with Gasteiger partial charge in [-0.2, -0.15) is 9.36 Å². The Kier molecular flexibility index (Phi) is 4.46. The van der Waals surface area contributed by atoms with Gasteiger partial charge in [0.2, 0.25) is 5.88 Å². The molecule has 1 aliphatic heterocycles. The van der Waals surface area contributed by atoms with Crippen molar-refractivity contribution in [2.24, 2.45) is 7.05 Å². The minimum absolute atomic E-state index is 0.226. The number of aromatic nitrogens is 6. The average Bonchev–Trinajstić information content (AvgIpc) is 3.46. The predicted molar refractivity (Wildman–Crippen MR) is 112 cm³/mol. The summed E-state index contributed by atoms with van der Waals surface area (Å²) in [5.41, 5.74) is 3.12. The van der Waals surface area contributed by atoms with Gasteiger partial charge in [0.15, 0.2) is 0 Å². The van der Waals surface area contributed by atoms with E-state index < -0.39 is 0 Å². The number of fused-ring (bicyclic) bond motifs is 1. The molecule has 158 valence electrons. The molecule has 0 N–H and O–H groups in total. The maximum absolute atomic E-state index is 12.3. The van der Waals surface area contributed by atoms with E-state index in [9.17, 15) is 4.79 Å². The van der Waals surface area contributed by atoms with Crippen LogP contribution in [-0.4, -0.2) is 36.6 Å². The van der Waals surface area contributed by atoms with Crippen LogP contribution in [0.25, 0.3) is 5.69 Å². The molecule has 0 spiro atoms. The SMILES string of the molecule is Cc1cccc(-n2nnn(C)c2=O)c1COc1ccn(C2Oc3ccccc3N2C)n1. The Hall–Kier alpha value is -4.08. The standard InChI is InChI=1S/C21H21N7O3/c1-14-7-6-9-16(28-20(29)26(3)23-24-28)15(14)13-30-19-11-12-27(22-19)21-25(2)17-8-4-5-10-18(17)31-21/h4-12,21H,13H2,1-3H3. The Morgan fingerprint density at radius 3 is 2.61 bits per heavy atom. The van der Waals surface area contributed by atoms with E-state index in [0.29, 0.717) is 11.6 Å². The lowest BCUT2D eigenvalue weighted by Gasteiger charge is -2.20. The van der Waals surface area contributed by atoms with Gasteiger partial charge >= 0.3 is 5.69 Å². The molecule has 0 saturated carbocycles. The van der Waals surface area contributed by atoms with E-state index in [1.165, 1.54) is 9.36 Å². The van der Waals surface area contributed by atoms with E-state index in [-0.39, 0.29) is 18.6 Å². The number of rotatable bonds is 5. The van der Waals surface area contributed by atoms with Crippen molar-refractivity contribution in [1.82, 2.24) is 29.6 Å². The number of hydrogen-bond acceptors (Lipinski definition) is 7. The second-order valence-electron chi connectivity index (χ2n) is 7.31. The molecule has 1 aliphatic rings. The molecule has 3 heterocycles. The minimum atomic E-state index is -0.387. The number of anilines is 1. The Bertz CT molecular complexity index is 1310. The fraction of sp³-hybridized carbons (Fsp3) is 0.238. The molecule has 4 aromatic rings. The summed E-state index contributed by atoms with van der Waals surface area (Å²) in [5.74, 6) is 1.26. The van der Waals surface area contributed by atoms with E-state index >= 15 is 0 Å². The number of para-hydroxylation sites is 2. The van der Waals surface area contributed by atoms with Crippen LogP contribution in [-0.2, 0) is 13.7 Å². The lowest BCUT2D eigenvalue weighted by molar-refractivity contribution is 0.139. The second kappa shape index (κ2) is 7.31. The average molecular weight is 419 g/mol. The number of aryl methyl sites for hydroxylation is 2. The van der Waals surface area contributed by atoms with Crippen molar-refractivity contribution in [3.63, 3.8) is 0 Å². The van der Waals surface area contributed by atoms with Crippen LogP contribution >= 0.6 is 0 Å². The van der Waals surface area contributed by atoms with Crippen molar-refractivity contribution < 1.29 is 9.47 Å². The first-order valence-electron chi connectivity index (χ1n) is 9.77. The molecular formula is C21H21N7O3. The van der Waals surface area contributed by atoms with Gasteiger partial charge in [-0.25, -0.2) is 9.48 Å². The highest BCUT2D eigenvalue weighted by Crippen LogP contribution is 2.39. The first kappa shape index (κ1) is 18.9. The van der Waals surface area contributed by atoms with Crippen LogP contribution in [0.4, 0.5) is 5.69 Å². The topological polar surface area (TPSA) is 92.2 Å². The summed E-state index contributed by atoms with van der Waals surface area (Å²) in [6.07, 6.45) is 1.43. The highest BCUT2D eigenvalue weighted by Gasteiger charge is 2.29. The van der Waals surface area contributed by atoms with Crippen molar-refractivity contribution in [2.45, 2.75) is 19.9 Å². The first-order chi connectivity index (χ1) is 15.0. The molecule has 10 nitrogen and oxygen atoms in total. The van der Waals surface area contributed by atoms with Crippen LogP contribution in [0.3, 0.4) is 0 Å². The van der Waals surface area contributed by atoms with Gasteiger partial charge in [-0.1, -0.05) is 24.3 Å². The van der Waals surface area contributed by atoms with Crippen LogP contribution in [0.5, 0.6) is 11.6 Å². The normalized spacial score (nSPS) is 15.1. The third-order valence-corrected chi connectivity index (χ3v) is 5.32. The van der Waals surface area contributed by atoms with Crippen LogP contribution in [0, 0.1) is 6.92 Å². The van der Waals surface area contributed by atoms with Crippen LogP contribution in [0.15, 0.2) is 59.5 Å². The summed E-state index contributed by atoms with van der Waals surface area (Å²) in [6, 6.07) is 15.3. The summed E-state index contributed by atoms with van der Waals surface area (Å²) in [4.78, 5) is 14.3. The van der Waals surface area contributed by atoms with Gasteiger partial charge in [-0.05, 0) is 41.1 Å². The zero-order valence-electron chi connectivity index (χ0n) is 17.3. The Morgan fingerprint density at radius 1 is 1.03 bits per heavy atom. The summed E-state index contributed by atoms with van der Waals surface area (Å²) < 4.78 is 16.1. The maximum atomic E-state index is 12.3. The number of ether oxygens (including phenoxy) is 2. The lowest BCUT2D eigenvalue weighted by Crippen LogP contribution is -2.28. The van der Waals surface area contributed by atoms with Crippen molar-refractivity contribution in [1.29, 1.82) is 0 Å². The van der Waals surface area contributed by atoms with E-state index in [0.717, 1.165) is 22.6 Å². The van der Waals surface area contributed by atoms with Crippen molar-refractivity contribution in [3.05, 3.63) is 76.3 Å². The van der Waals surface area contributed by atoms with Gasteiger partial charge in [0, 0.05) is 31.9 Å². The molecule has 1 atom stereocenters. The van der Waals surface area contributed by atoms with Gasteiger partial charge in [-0.15, -0.1) is 5.10 Å². The fourth-order valence-electron chi connectivity index (χ4n) is 3.60. The molecule has 0 amide bonds.